The van der Waals surface area contributed by atoms with Gasteiger partial charge in [-0.05, 0) is 54.0 Å². The summed E-state index contributed by atoms with van der Waals surface area (Å²) in [5, 5.41) is 9.91. The smallest absolute Gasteiger partial charge is 0.197 e. The minimum absolute atomic E-state index is 0.123. The molecule has 3 aromatic rings. The molecule has 1 saturated heterocycles. The number of hydrogen-bond donors (Lipinski definition) is 1. The maximum atomic E-state index is 14.6. The lowest BCUT2D eigenvalue weighted by Gasteiger charge is -2.20. The SMILES string of the molecule is O[C@@H]1CCN(c2cc([C@@H]3C[C@H]3c3cnc(-c4ncccn4)nc3)cc(Cl)c2F)C1. The number of nitrogens with zero attached hydrogens (tertiary/aromatic N) is 5. The molecule has 29 heavy (non-hydrogen) atoms. The van der Waals surface area contributed by atoms with Gasteiger partial charge in [-0.15, -0.1) is 0 Å². The Morgan fingerprint density at radius 3 is 2.38 bits per heavy atom. The van der Waals surface area contributed by atoms with Gasteiger partial charge >= 0.3 is 0 Å². The fourth-order valence-electron chi connectivity index (χ4n) is 3.99. The summed E-state index contributed by atoms with van der Waals surface area (Å²) in [5.74, 6) is 1.10. The van der Waals surface area contributed by atoms with Crippen LogP contribution in [0.4, 0.5) is 10.1 Å². The number of aliphatic hydroxyl groups is 1. The topological polar surface area (TPSA) is 75.0 Å². The second kappa shape index (κ2) is 7.31. The number of anilines is 1. The molecule has 1 aliphatic carbocycles. The Hall–Kier alpha value is -2.64. The van der Waals surface area contributed by atoms with Crippen molar-refractivity contribution in [2.75, 3.05) is 18.0 Å². The van der Waals surface area contributed by atoms with Crippen LogP contribution in [-0.2, 0) is 0 Å². The first kappa shape index (κ1) is 18.4. The van der Waals surface area contributed by atoms with Gasteiger partial charge in [-0.2, -0.15) is 0 Å². The van der Waals surface area contributed by atoms with Gasteiger partial charge < -0.3 is 10.0 Å². The van der Waals surface area contributed by atoms with E-state index in [1.165, 1.54) is 0 Å². The van der Waals surface area contributed by atoms with E-state index >= 15 is 0 Å². The summed E-state index contributed by atoms with van der Waals surface area (Å²) in [7, 11) is 0. The van der Waals surface area contributed by atoms with Crippen molar-refractivity contribution >= 4 is 17.3 Å². The highest BCUT2D eigenvalue weighted by Crippen LogP contribution is 2.55. The molecule has 0 unspecified atom stereocenters. The molecule has 8 heteroatoms. The standard InChI is InChI=1S/C21H19ClFN5O/c22-17-6-12(7-18(19(17)23)28-5-2-14(29)11-28)15-8-16(15)13-9-26-21(27-10-13)20-24-3-1-4-25-20/h1,3-4,6-7,9-10,14-16,29H,2,5,8,11H2/t14-,15+,16+/m1/s1. The number of hydrogen-bond acceptors (Lipinski definition) is 6. The first-order valence-electron chi connectivity index (χ1n) is 9.61. The molecule has 2 fully saturated rings. The van der Waals surface area contributed by atoms with E-state index in [2.05, 4.69) is 19.9 Å². The molecule has 3 atom stereocenters. The van der Waals surface area contributed by atoms with E-state index in [0.717, 1.165) is 17.5 Å². The molecule has 1 saturated carbocycles. The van der Waals surface area contributed by atoms with Gasteiger partial charge in [0.15, 0.2) is 17.5 Å². The summed E-state index contributed by atoms with van der Waals surface area (Å²) in [6.45, 7) is 1.06. The molecule has 1 aromatic carbocycles. The van der Waals surface area contributed by atoms with Crippen LogP contribution >= 0.6 is 11.6 Å². The quantitative estimate of drug-likeness (QED) is 0.707. The molecule has 0 bridgehead atoms. The van der Waals surface area contributed by atoms with Crippen molar-refractivity contribution in [1.82, 2.24) is 19.9 Å². The Morgan fingerprint density at radius 2 is 1.69 bits per heavy atom. The zero-order chi connectivity index (χ0) is 20.0. The molecule has 3 heterocycles. The average Bonchev–Trinajstić information content (AvgIpc) is 3.44. The molecule has 0 spiro atoms. The Morgan fingerprint density at radius 1 is 1.00 bits per heavy atom. The highest BCUT2D eigenvalue weighted by atomic mass is 35.5. The van der Waals surface area contributed by atoms with Crippen LogP contribution in [-0.4, -0.2) is 44.2 Å². The second-order valence-electron chi connectivity index (χ2n) is 7.59. The number of aliphatic hydroxyl groups excluding tert-OH is 1. The van der Waals surface area contributed by atoms with Gasteiger partial charge in [0.05, 0.1) is 16.8 Å². The predicted molar refractivity (Wildman–Crippen MR) is 107 cm³/mol. The van der Waals surface area contributed by atoms with E-state index < -0.39 is 11.9 Å². The molecule has 6 nitrogen and oxygen atoms in total. The Labute approximate surface area is 172 Å². The molecule has 1 N–H and O–H groups in total. The van der Waals surface area contributed by atoms with E-state index in [9.17, 15) is 9.50 Å². The van der Waals surface area contributed by atoms with E-state index in [-0.39, 0.29) is 16.9 Å². The summed E-state index contributed by atoms with van der Waals surface area (Å²) in [4.78, 5) is 19.0. The second-order valence-corrected chi connectivity index (χ2v) is 7.99. The number of β-amino-alcohol motifs (C(OH)–C–C–N with tert-alkyl or cyclic N) is 1. The molecule has 0 amide bonds. The van der Waals surface area contributed by atoms with Crippen LogP contribution in [0, 0.1) is 5.82 Å². The van der Waals surface area contributed by atoms with Crippen molar-refractivity contribution in [3.63, 3.8) is 0 Å². The van der Waals surface area contributed by atoms with Gasteiger partial charge in [-0.25, -0.2) is 24.3 Å². The van der Waals surface area contributed by atoms with Gasteiger partial charge in [0.1, 0.15) is 0 Å². The van der Waals surface area contributed by atoms with Gasteiger partial charge in [0.25, 0.3) is 0 Å². The van der Waals surface area contributed by atoms with Crippen LogP contribution in [0.3, 0.4) is 0 Å². The first-order chi connectivity index (χ1) is 14.1. The van der Waals surface area contributed by atoms with Crippen LogP contribution in [0.5, 0.6) is 0 Å². The molecule has 5 rings (SSSR count). The summed E-state index contributed by atoms with van der Waals surface area (Å²) in [6, 6.07) is 5.33. The normalized spacial score (nSPS) is 23.4. The summed E-state index contributed by atoms with van der Waals surface area (Å²) in [5.41, 5.74) is 2.52. The minimum Gasteiger partial charge on any atom is -0.391 e. The molecule has 2 aliphatic rings. The lowest BCUT2D eigenvalue weighted by molar-refractivity contribution is 0.198. The predicted octanol–water partition coefficient (Wildman–Crippen LogP) is 3.57. The molecular weight excluding hydrogens is 393 g/mol. The maximum absolute atomic E-state index is 14.6. The maximum Gasteiger partial charge on any atom is 0.197 e. The Kier molecular flexibility index (Phi) is 4.64. The number of rotatable bonds is 4. The van der Waals surface area contributed by atoms with Crippen LogP contribution < -0.4 is 4.90 Å². The van der Waals surface area contributed by atoms with Crippen LogP contribution in [0.25, 0.3) is 11.6 Å². The van der Waals surface area contributed by atoms with E-state index in [1.54, 1.807) is 24.5 Å². The van der Waals surface area contributed by atoms with Gasteiger partial charge in [0, 0.05) is 37.9 Å². The summed E-state index contributed by atoms with van der Waals surface area (Å²) in [6.07, 6.45) is 8.10. The summed E-state index contributed by atoms with van der Waals surface area (Å²) >= 11 is 6.19. The van der Waals surface area contributed by atoms with E-state index in [4.69, 9.17) is 11.6 Å². The number of aromatic nitrogens is 4. The highest BCUT2D eigenvalue weighted by Gasteiger charge is 2.41. The molecule has 148 valence electrons. The van der Waals surface area contributed by atoms with Gasteiger partial charge in [0.2, 0.25) is 0 Å². The molecular formula is C21H19ClFN5O. The Bertz CT molecular complexity index is 1030. The first-order valence-corrected chi connectivity index (χ1v) is 9.99. The van der Waals surface area contributed by atoms with Crippen molar-refractivity contribution in [2.45, 2.75) is 30.8 Å². The molecule has 0 radical (unpaired) electrons. The fourth-order valence-corrected chi connectivity index (χ4v) is 4.21. The van der Waals surface area contributed by atoms with Crippen LogP contribution in [0.1, 0.15) is 35.8 Å². The lowest BCUT2D eigenvalue weighted by atomic mass is 10.1. The minimum atomic E-state index is -0.422. The molecule has 2 aromatic heterocycles. The lowest BCUT2D eigenvalue weighted by Crippen LogP contribution is -2.22. The number of benzene rings is 1. The fraction of sp³-hybridized carbons (Fsp3) is 0.333. The monoisotopic (exact) mass is 411 g/mol. The van der Waals surface area contributed by atoms with Crippen molar-refractivity contribution < 1.29 is 9.50 Å². The van der Waals surface area contributed by atoms with Crippen molar-refractivity contribution in [2.24, 2.45) is 0 Å². The average molecular weight is 412 g/mol. The van der Waals surface area contributed by atoms with Crippen LogP contribution in [0.15, 0.2) is 43.0 Å². The third-order valence-electron chi connectivity index (χ3n) is 5.62. The highest BCUT2D eigenvalue weighted by molar-refractivity contribution is 6.31. The largest absolute Gasteiger partial charge is 0.391 e. The van der Waals surface area contributed by atoms with Crippen LogP contribution in [0.2, 0.25) is 5.02 Å². The number of halogens is 2. The molecule has 1 aliphatic heterocycles. The van der Waals surface area contributed by atoms with E-state index in [1.807, 2.05) is 23.4 Å². The van der Waals surface area contributed by atoms with E-state index in [0.29, 0.717) is 36.8 Å². The third kappa shape index (κ3) is 3.56. The third-order valence-corrected chi connectivity index (χ3v) is 5.89. The zero-order valence-corrected chi connectivity index (χ0v) is 16.3. The summed E-state index contributed by atoms with van der Waals surface area (Å²) < 4.78 is 14.6. The van der Waals surface area contributed by atoms with Crippen molar-refractivity contribution in [3.05, 3.63) is 65.0 Å². The van der Waals surface area contributed by atoms with Crippen molar-refractivity contribution in [1.29, 1.82) is 0 Å². The van der Waals surface area contributed by atoms with Crippen molar-refractivity contribution in [3.8, 4) is 11.6 Å². The zero-order valence-electron chi connectivity index (χ0n) is 15.5. The van der Waals surface area contributed by atoms with Gasteiger partial charge in [-0.1, -0.05) is 11.6 Å². The van der Waals surface area contributed by atoms with Gasteiger partial charge in [-0.3, -0.25) is 0 Å². The Balaban J connectivity index is 1.36.